The van der Waals surface area contributed by atoms with Crippen molar-refractivity contribution >= 4 is 79.6 Å². The Kier molecular flexibility index (Phi) is 6.85. The van der Waals surface area contributed by atoms with E-state index in [1.165, 1.54) is 23.5 Å². The Morgan fingerprint density at radius 3 is 1.94 bits per heavy atom. The van der Waals surface area contributed by atoms with Gasteiger partial charge in [0.2, 0.25) is 0 Å². The van der Waals surface area contributed by atoms with Crippen LogP contribution in [0.5, 0.6) is 0 Å². The van der Waals surface area contributed by atoms with Gasteiger partial charge in [-0.2, -0.15) is 0 Å². The van der Waals surface area contributed by atoms with E-state index in [1.54, 1.807) is 54.6 Å². The molecule has 4 aromatic rings. The van der Waals surface area contributed by atoms with Gasteiger partial charge in [0.25, 0.3) is 17.7 Å². The molecule has 0 saturated heterocycles. The molecular weight excluding hydrogens is 505 g/mol. The molecule has 3 aromatic carbocycles. The molecular formula is C23H14Cl3N3O3S. The third-order valence-electron chi connectivity index (χ3n) is 4.60. The predicted octanol–water partition coefficient (Wildman–Crippen LogP) is 6.19. The molecule has 1 heterocycles. The molecule has 0 bridgehead atoms. The summed E-state index contributed by atoms with van der Waals surface area (Å²) in [4.78, 5) is 37.4. The Balaban J connectivity index is 1.37. The fourth-order valence-electron chi connectivity index (χ4n) is 2.94. The van der Waals surface area contributed by atoms with Crippen LogP contribution in [-0.4, -0.2) is 17.7 Å². The molecule has 0 aliphatic rings. The zero-order valence-corrected chi connectivity index (χ0v) is 19.7. The SMILES string of the molecule is O=C(NNC(=O)c1sc2cc(Cl)ccc2c1Cl)c1ccc(NC(=O)c2ccc(Cl)cc2)cc1. The number of hydrogen-bond acceptors (Lipinski definition) is 4. The number of hydrogen-bond donors (Lipinski definition) is 3. The van der Waals surface area contributed by atoms with E-state index in [9.17, 15) is 14.4 Å². The summed E-state index contributed by atoms with van der Waals surface area (Å²) in [7, 11) is 0. The number of benzene rings is 3. The Hall–Kier alpha value is -3.10. The molecule has 6 nitrogen and oxygen atoms in total. The maximum atomic E-state index is 12.5. The van der Waals surface area contributed by atoms with Crippen LogP contribution in [0, 0.1) is 0 Å². The molecule has 4 rings (SSSR count). The highest BCUT2D eigenvalue weighted by atomic mass is 35.5. The molecule has 1 aromatic heterocycles. The number of halogens is 3. The first-order chi connectivity index (χ1) is 15.8. The normalized spacial score (nSPS) is 10.6. The zero-order valence-electron chi connectivity index (χ0n) is 16.6. The number of fused-ring (bicyclic) bond motifs is 1. The van der Waals surface area contributed by atoms with Gasteiger partial charge in [0.05, 0.1) is 5.02 Å². The maximum absolute atomic E-state index is 12.5. The Morgan fingerprint density at radius 1 is 0.667 bits per heavy atom. The lowest BCUT2D eigenvalue weighted by Crippen LogP contribution is -2.41. The van der Waals surface area contributed by atoms with Gasteiger partial charge in [-0.25, -0.2) is 0 Å². The van der Waals surface area contributed by atoms with E-state index in [4.69, 9.17) is 34.8 Å². The van der Waals surface area contributed by atoms with Gasteiger partial charge in [-0.05, 0) is 60.7 Å². The molecule has 0 fully saturated rings. The molecule has 3 amide bonds. The van der Waals surface area contributed by atoms with Crippen LogP contribution in [0.4, 0.5) is 5.69 Å². The summed E-state index contributed by atoms with van der Waals surface area (Å²) >= 11 is 19.3. The minimum Gasteiger partial charge on any atom is -0.322 e. The molecule has 0 spiro atoms. The number of anilines is 1. The summed E-state index contributed by atoms with van der Waals surface area (Å²) in [5.74, 6) is -1.38. The molecule has 0 aliphatic heterocycles. The van der Waals surface area contributed by atoms with Gasteiger partial charge in [-0.15, -0.1) is 11.3 Å². The van der Waals surface area contributed by atoms with Gasteiger partial charge in [0.1, 0.15) is 4.88 Å². The average molecular weight is 519 g/mol. The number of amides is 3. The van der Waals surface area contributed by atoms with Gasteiger partial charge in [0, 0.05) is 36.9 Å². The van der Waals surface area contributed by atoms with Crippen molar-refractivity contribution in [2.75, 3.05) is 5.32 Å². The summed E-state index contributed by atoms with van der Waals surface area (Å²) < 4.78 is 0.764. The number of thiophene rings is 1. The Labute approximate surface area is 207 Å². The smallest absolute Gasteiger partial charge is 0.281 e. The predicted molar refractivity (Wildman–Crippen MR) is 133 cm³/mol. The summed E-state index contributed by atoms with van der Waals surface area (Å²) in [6.45, 7) is 0. The van der Waals surface area contributed by atoms with Crippen molar-refractivity contribution in [1.29, 1.82) is 0 Å². The minimum atomic E-state index is -0.544. The van der Waals surface area contributed by atoms with E-state index in [-0.39, 0.29) is 16.3 Å². The Morgan fingerprint density at radius 2 is 1.24 bits per heavy atom. The average Bonchev–Trinajstić information content (AvgIpc) is 3.13. The van der Waals surface area contributed by atoms with Crippen LogP contribution in [0.15, 0.2) is 66.7 Å². The fourth-order valence-corrected chi connectivity index (χ4v) is 4.75. The van der Waals surface area contributed by atoms with Crippen LogP contribution in [-0.2, 0) is 0 Å². The van der Waals surface area contributed by atoms with E-state index >= 15 is 0 Å². The van der Waals surface area contributed by atoms with E-state index < -0.39 is 11.8 Å². The minimum absolute atomic E-state index is 0.259. The van der Waals surface area contributed by atoms with E-state index in [0.717, 1.165) is 4.70 Å². The lowest BCUT2D eigenvalue weighted by atomic mass is 10.1. The van der Waals surface area contributed by atoms with Gasteiger partial charge < -0.3 is 5.32 Å². The number of carbonyl (C=O) groups is 3. The topological polar surface area (TPSA) is 87.3 Å². The molecule has 0 aliphatic carbocycles. The van der Waals surface area contributed by atoms with Crippen LogP contribution in [0.25, 0.3) is 10.1 Å². The second kappa shape index (κ2) is 9.80. The van der Waals surface area contributed by atoms with E-state index in [1.807, 2.05) is 0 Å². The van der Waals surface area contributed by atoms with Gasteiger partial charge in [-0.3, -0.25) is 25.2 Å². The highest BCUT2D eigenvalue weighted by Crippen LogP contribution is 2.36. The third-order valence-corrected chi connectivity index (χ3v) is 6.74. The van der Waals surface area contributed by atoms with Gasteiger partial charge in [0.15, 0.2) is 0 Å². The summed E-state index contributed by atoms with van der Waals surface area (Å²) in [5, 5.41) is 4.80. The quantitative estimate of drug-likeness (QED) is 0.282. The molecule has 3 N–H and O–H groups in total. The summed E-state index contributed by atoms with van der Waals surface area (Å²) in [5.41, 5.74) is 5.96. The van der Waals surface area contributed by atoms with E-state index in [0.29, 0.717) is 31.7 Å². The molecule has 166 valence electrons. The standard InChI is InChI=1S/C23H14Cl3N3O3S/c24-14-5-1-12(2-6-14)21(30)27-16-8-3-13(4-9-16)22(31)28-29-23(32)20-19(26)17-10-7-15(25)11-18(17)33-20/h1-11H,(H,27,30)(H,28,31)(H,29,32). The lowest BCUT2D eigenvalue weighted by molar-refractivity contribution is 0.0849. The monoisotopic (exact) mass is 517 g/mol. The van der Waals surface area contributed by atoms with Crippen LogP contribution in [0.1, 0.15) is 30.4 Å². The van der Waals surface area contributed by atoms with Gasteiger partial charge >= 0.3 is 0 Å². The van der Waals surface area contributed by atoms with Crippen molar-refractivity contribution in [3.05, 3.63) is 97.8 Å². The first-order valence-electron chi connectivity index (χ1n) is 9.47. The van der Waals surface area contributed by atoms with Crippen molar-refractivity contribution in [3.8, 4) is 0 Å². The lowest BCUT2D eigenvalue weighted by Gasteiger charge is -2.08. The van der Waals surface area contributed by atoms with Crippen molar-refractivity contribution < 1.29 is 14.4 Å². The molecule has 0 saturated carbocycles. The highest BCUT2D eigenvalue weighted by molar-refractivity contribution is 7.21. The highest BCUT2D eigenvalue weighted by Gasteiger charge is 2.18. The zero-order chi connectivity index (χ0) is 23.5. The fraction of sp³-hybridized carbons (Fsp3) is 0. The summed E-state index contributed by atoms with van der Waals surface area (Å²) in [6, 6.07) is 17.8. The van der Waals surface area contributed by atoms with Crippen molar-refractivity contribution in [2.24, 2.45) is 0 Å². The Bertz CT molecular complexity index is 1370. The van der Waals surface area contributed by atoms with Crippen LogP contribution >= 0.6 is 46.1 Å². The first-order valence-corrected chi connectivity index (χ1v) is 11.4. The van der Waals surface area contributed by atoms with Crippen molar-refractivity contribution in [2.45, 2.75) is 0 Å². The summed E-state index contributed by atoms with van der Waals surface area (Å²) in [6.07, 6.45) is 0. The largest absolute Gasteiger partial charge is 0.322 e. The number of carbonyl (C=O) groups excluding carboxylic acids is 3. The molecule has 33 heavy (non-hydrogen) atoms. The van der Waals surface area contributed by atoms with Crippen molar-refractivity contribution in [1.82, 2.24) is 10.9 Å². The van der Waals surface area contributed by atoms with Crippen LogP contribution < -0.4 is 16.2 Å². The molecule has 0 radical (unpaired) electrons. The third kappa shape index (κ3) is 5.29. The number of hydrazine groups is 1. The molecule has 0 unspecified atom stereocenters. The molecule has 10 heteroatoms. The van der Waals surface area contributed by atoms with Crippen molar-refractivity contribution in [3.63, 3.8) is 0 Å². The second-order valence-electron chi connectivity index (χ2n) is 6.83. The van der Waals surface area contributed by atoms with Crippen LogP contribution in [0.2, 0.25) is 15.1 Å². The van der Waals surface area contributed by atoms with Gasteiger partial charge in [-0.1, -0.05) is 40.9 Å². The molecule has 0 atom stereocenters. The maximum Gasteiger partial charge on any atom is 0.281 e. The van der Waals surface area contributed by atoms with Crippen LogP contribution in [0.3, 0.4) is 0 Å². The first kappa shape index (κ1) is 23.1. The second-order valence-corrected chi connectivity index (χ2v) is 9.14. The van der Waals surface area contributed by atoms with E-state index in [2.05, 4.69) is 16.2 Å². The number of rotatable bonds is 4. The number of nitrogens with one attached hydrogen (secondary N) is 3.